The molecule has 0 aliphatic rings. The number of nitrogens with two attached hydrogens (primary N) is 1. The number of nitrogen functional groups attached to an aromatic ring is 1. The first-order valence-corrected chi connectivity index (χ1v) is 7.05. The number of benzene rings is 1. The molecule has 0 bridgehead atoms. The largest absolute Gasteiger partial charge is 0.335 e. The Hall–Kier alpha value is -1.71. The second kappa shape index (κ2) is 6.45. The summed E-state index contributed by atoms with van der Waals surface area (Å²) in [5, 5.41) is 17.8. The van der Waals surface area contributed by atoms with E-state index in [2.05, 4.69) is 16.3 Å². The van der Waals surface area contributed by atoms with Gasteiger partial charge in [-0.1, -0.05) is 35.5 Å². The van der Waals surface area contributed by atoms with Gasteiger partial charge in [-0.2, -0.15) is 5.26 Å². The Labute approximate surface area is 120 Å². The summed E-state index contributed by atoms with van der Waals surface area (Å²) in [4.78, 5) is 0. The standard InChI is InChI=1S/C12H12ClN5S/c13-10-6-2-1-5-9(10)11-16-17-12(18(11)15)19-8-4-3-7-14/h1-2,5-6H,3-4,8,15H2. The summed E-state index contributed by atoms with van der Waals surface area (Å²) in [6, 6.07) is 9.45. The molecule has 0 amide bonds. The van der Waals surface area contributed by atoms with Crippen LogP contribution in [0.15, 0.2) is 29.4 Å². The van der Waals surface area contributed by atoms with E-state index in [-0.39, 0.29) is 0 Å². The van der Waals surface area contributed by atoms with E-state index in [9.17, 15) is 0 Å². The van der Waals surface area contributed by atoms with Gasteiger partial charge in [0.25, 0.3) is 0 Å². The molecule has 0 atom stereocenters. The molecule has 0 unspecified atom stereocenters. The first-order valence-electron chi connectivity index (χ1n) is 5.69. The second-order valence-electron chi connectivity index (χ2n) is 3.77. The average Bonchev–Trinajstić information content (AvgIpc) is 2.77. The summed E-state index contributed by atoms with van der Waals surface area (Å²) >= 11 is 7.58. The lowest BCUT2D eigenvalue weighted by molar-refractivity contribution is 0.846. The van der Waals surface area contributed by atoms with Crippen LogP contribution in [-0.2, 0) is 0 Å². The molecule has 2 rings (SSSR count). The number of halogens is 1. The van der Waals surface area contributed by atoms with E-state index in [1.807, 2.05) is 18.2 Å². The summed E-state index contributed by atoms with van der Waals surface area (Å²) in [6.07, 6.45) is 1.33. The molecule has 0 radical (unpaired) electrons. The number of aromatic nitrogens is 3. The maximum Gasteiger partial charge on any atom is 0.210 e. The van der Waals surface area contributed by atoms with E-state index in [0.29, 0.717) is 22.4 Å². The second-order valence-corrected chi connectivity index (χ2v) is 5.24. The van der Waals surface area contributed by atoms with Gasteiger partial charge < -0.3 is 5.84 Å². The third-order valence-corrected chi connectivity index (χ3v) is 3.80. The first kappa shape index (κ1) is 13.7. The maximum absolute atomic E-state index is 8.47. The molecule has 0 saturated carbocycles. The zero-order valence-electron chi connectivity index (χ0n) is 10.1. The SMILES string of the molecule is N#CCCCSc1nnc(-c2ccccc2Cl)n1N. The Balaban J connectivity index is 2.15. The number of thioether (sulfide) groups is 1. The maximum atomic E-state index is 8.47. The van der Waals surface area contributed by atoms with Crippen molar-refractivity contribution in [2.75, 3.05) is 11.6 Å². The summed E-state index contributed by atoms with van der Waals surface area (Å²) in [5.41, 5.74) is 0.753. The molecule has 2 N–H and O–H groups in total. The van der Waals surface area contributed by atoms with Crippen LogP contribution in [0.4, 0.5) is 0 Å². The van der Waals surface area contributed by atoms with Gasteiger partial charge in [0, 0.05) is 17.7 Å². The summed E-state index contributed by atoms with van der Waals surface area (Å²) in [5.74, 6) is 7.28. The average molecular weight is 294 g/mol. The van der Waals surface area contributed by atoms with Crippen molar-refractivity contribution in [3.8, 4) is 17.5 Å². The molecule has 98 valence electrons. The van der Waals surface area contributed by atoms with Crippen LogP contribution in [0.3, 0.4) is 0 Å². The highest BCUT2D eigenvalue weighted by atomic mass is 35.5. The number of unbranched alkanes of at least 4 members (excludes halogenated alkanes) is 1. The highest BCUT2D eigenvalue weighted by Gasteiger charge is 2.13. The lowest BCUT2D eigenvalue weighted by Crippen LogP contribution is -2.11. The molecule has 5 nitrogen and oxygen atoms in total. The monoisotopic (exact) mass is 293 g/mol. The summed E-state index contributed by atoms with van der Waals surface area (Å²) in [6.45, 7) is 0. The number of nitrogens with zero attached hydrogens (tertiary/aromatic N) is 4. The van der Waals surface area contributed by atoms with Crippen molar-refractivity contribution in [3.63, 3.8) is 0 Å². The Morgan fingerprint density at radius 1 is 1.37 bits per heavy atom. The molecule has 2 aromatic rings. The van der Waals surface area contributed by atoms with Gasteiger partial charge in [0.2, 0.25) is 5.16 Å². The molecule has 0 saturated heterocycles. The molecule has 0 fully saturated rings. The highest BCUT2D eigenvalue weighted by Crippen LogP contribution is 2.27. The highest BCUT2D eigenvalue weighted by molar-refractivity contribution is 7.99. The van der Waals surface area contributed by atoms with Crippen molar-refractivity contribution in [1.29, 1.82) is 5.26 Å². The van der Waals surface area contributed by atoms with Crippen LogP contribution in [0, 0.1) is 11.3 Å². The van der Waals surface area contributed by atoms with Crippen molar-refractivity contribution >= 4 is 23.4 Å². The third kappa shape index (κ3) is 3.19. The lowest BCUT2D eigenvalue weighted by Gasteiger charge is -2.04. The normalized spacial score (nSPS) is 10.3. The van der Waals surface area contributed by atoms with Crippen molar-refractivity contribution in [3.05, 3.63) is 29.3 Å². The minimum absolute atomic E-state index is 0.531. The van der Waals surface area contributed by atoms with Gasteiger partial charge in [0.15, 0.2) is 5.82 Å². The molecule has 7 heteroatoms. The van der Waals surface area contributed by atoms with Gasteiger partial charge in [0.05, 0.1) is 11.1 Å². The lowest BCUT2D eigenvalue weighted by atomic mass is 10.2. The predicted molar refractivity (Wildman–Crippen MR) is 76.2 cm³/mol. The van der Waals surface area contributed by atoms with Gasteiger partial charge in [-0.25, -0.2) is 4.68 Å². The Kier molecular flexibility index (Phi) is 4.66. The van der Waals surface area contributed by atoms with Crippen molar-refractivity contribution in [2.45, 2.75) is 18.0 Å². The van der Waals surface area contributed by atoms with E-state index in [0.717, 1.165) is 17.7 Å². The van der Waals surface area contributed by atoms with E-state index >= 15 is 0 Å². The fourth-order valence-corrected chi connectivity index (χ4v) is 2.53. The van der Waals surface area contributed by atoms with E-state index < -0.39 is 0 Å². The minimum atomic E-state index is 0.531. The van der Waals surface area contributed by atoms with Gasteiger partial charge in [-0.3, -0.25) is 0 Å². The molecular formula is C12H12ClN5S. The molecule has 19 heavy (non-hydrogen) atoms. The predicted octanol–water partition coefficient (Wildman–Crippen LogP) is 2.71. The van der Waals surface area contributed by atoms with E-state index in [1.165, 1.54) is 16.4 Å². The zero-order valence-corrected chi connectivity index (χ0v) is 11.7. The van der Waals surface area contributed by atoms with E-state index in [4.69, 9.17) is 22.7 Å². The smallest absolute Gasteiger partial charge is 0.210 e. The number of nitriles is 1. The molecule has 1 aromatic heterocycles. The molecule has 0 spiro atoms. The number of hydrogen-bond donors (Lipinski definition) is 1. The minimum Gasteiger partial charge on any atom is -0.335 e. The molecule has 1 aromatic carbocycles. The van der Waals surface area contributed by atoms with Crippen molar-refractivity contribution in [2.24, 2.45) is 0 Å². The van der Waals surface area contributed by atoms with E-state index in [1.54, 1.807) is 6.07 Å². The van der Waals surface area contributed by atoms with Crippen LogP contribution in [0.5, 0.6) is 0 Å². The topological polar surface area (TPSA) is 80.5 Å². The van der Waals surface area contributed by atoms with Crippen LogP contribution in [0.1, 0.15) is 12.8 Å². The molecular weight excluding hydrogens is 282 g/mol. The molecule has 0 aliphatic carbocycles. The van der Waals surface area contributed by atoms with Gasteiger partial charge in [-0.15, -0.1) is 10.2 Å². The Bertz CT molecular complexity index is 604. The Morgan fingerprint density at radius 3 is 2.89 bits per heavy atom. The third-order valence-electron chi connectivity index (χ3n) is 2.44. The van der Waals surface area contributed by atoms with Crippen molar-refractivity contribution in [1.82, 2.24) is 14.9 Å². The van der Waals surface area contributed by atoms with Crippen LogP contribution in [0.2, 0.25) is 5.02 Å². The fourth-order valence-electron chi connectivity index (χ4n) is 1.52. The zero-order chi connectivity index (χ0) is 13.7. The van der Waals surface area contributed by atoms with Gasteiger partial charge in [-0.05, 0) is 18.6 Å². The van der Waals surface area contributed by atoms with Crippen molar-refractivity contribution < 1.29 is 0 Å². The molecule has 1 heterocycles. The molecule has 0 aliphatic heterocycles. The number of hydrogen-bond acceptors (Lipinski definition) is 5. The first-order chi connectivity index (χ1) is 9.24. The quantitative estimate of drug-likeness (QED) is 0.521. The fraction of sp³-hybridized carbons (Fsp3) is 0.250. The van der Waals surface area contributed by atoms with Crippen LogP contribution in [0.25, 0.3) is 11.4 Å². The summed E-state index contributed by atoms with van der Waals surface area (Å²) < 4.78 is 1.43. The van der Waals surface area contributed by atoms with Gasteiger partial charge in [0.1, 0.15) is 0 Å². The van der Waals surface area contributed by atoms with Gasteiger partial charge >= 0.3 is 0 Å². The Morgan fingerprint density at radius 2 is 2.16 bits per heavy atom. The van der Waals surface area contributed by atoms with Crippen LogP contribution >= 0.6 is 23.4 Å². The van der Waals surface area contributed by atoms with Crippen LogP contribution in [-0.4, -0.2) is 20.6 Å². The summed E-state index contributed by atoms with van der Waals surface area (Å²) in [7, 11) is 0. The number of rotatable bonds is 5. The van der Waals surface area contributed by atoms with Crippen LogP contribution < -0.4 is 5.84 Å².